The van der Waals surface area contributed by atoms with Gasteiger partial charge in [-0.2, -0.15) is 4.98 Å². The quantitative estimate of drug-likeness (QED) is 0.577. The third kappa shape index (κ3) is 3.53. The molecule has 0 amide bonds. The van der Waals surface area contributed by atoms with Crippen LogP contribution >= 0.6 is 0 Å². The highest BCUT2D eigenvalue weighted by Gasteiger charge is 2.16. The van der Waals surface area contributed by atoms with Gasteiger partial charge in [0.25, 0.3) is 0 Å². The highest BCUT2D eigenvalue weighted by atomic mass is 19.1. The lowest BCUT2D eigenvalue weighted by molar-refractivity contribution is 0.479. The van der Waals surface area contributed by atoms with Crippen LogP contribution in [-0.2, 0) is 0 Å². The zero-order chi connectivity index (χ0) is 13.5. The van der Waals surface area contributed by atoms with Crippen molar-refractivity contribution in [3.05, 3.63) is 12.0 Å². The Morgan fingerprint density at radius 3 is 2.56 bits per heavy atom. The van der Waals surface area contributed by atoms with Crippen molar-refractivity contribution in [1.82, 2.24) is 9.97 Å². The molecule has 1 rings (SSSR count). The number of rotatable bonds is 7. The van der Waals surface area contributed by atoms with Gasteiger partial charge >= 0.3 is 0 Å². The molecule has 18 heavy (non-hydrogen) atoms. The molecular weight excluding hydrogens is 233 g/mol. The molecule has 0 fully saturated rings. The molecule has 0 saturated carbocycles. The minimum Gasteiger partial charge on any atom is -0.354 e. The van der Waals surface area contributed by atoms with E-state index in [0.29, 0.717) is 18.3 Å². The average molecular weight is 255 g/mol. The summed E-state index contributed by atoms with van der Waals surface area (Å²) < 4.78 is 13.8. The topological polar surface area (TPSA) is 67.1 Å². The minimum absolute atomic E-state index is 0.231. The van der Waals surface area contributed by atoms with Crippen molar-refractivity contribution in [1.29, 1.82) is 0 Å². The van der Waals surface area contributed by atoms with E-state index in [9.17, 15) is 4.39 Å². The van der Waals surface area contributed by atoms with Gasteiger partial charge in [-0.25, -0.2) is 15.2 Å². The lowest BCUT2D eigenvalue weighted by Gasteiger charge is -2.26. The van der Waals surface area contributed by atoms with Crippen molar-refractivity contribution >= 4 is 11.8 Å². The molecule has 0 aromatic carbocycles. The summed E-state index contributed by atoms with van der Waals surface area (Å²) in [6, 6.07) is 0. The number of nitrogens with one attached hydrogen (secondary N) is 1. The summed E-state index contributed by atoms with van der Waals surface area (Å²) in [5, 5.41) is 0. The first-order chi connectivity index (χ1) is 8.65. The second kappa shape index (κ2) is 7.10. The second-order valence-electron chi connectivity index (χ2n) is 4.23. The zero-order valence-corrected chi connectivity index (χ0v) is 11.3. The van der Waals surface area contributed by atoms with Crippen LogP contribution in [0.1, 0.15) is 33.6 Å². The monoisotopic (exact) mass is 255 g/mol. The molecule has 0 aliphatic rings. The van der Waals surface area contributed by atoms with Crippen LogP contribution in [0.3, 0.4) is 0 Å². The van der Waals surface area contributed by atoms with E-state index in [0.717, 1.165) is 25.6 Å². The van der Waals surface area contributed by atoms with Gasteiger partial charge in [0.15, 0.2) is 11.6 Å². The van der Waals surface area contributed by atoms with Crippen molar-refractivity contribution in [3.63, 3.8) is 0 Å². The van der Waals surface area contributed by atoms with Gasteiger partial charge in [0.05, 0.1) is 6.20 Å². The zero-order valence-electron chi connectivity index (χ0n) is 11.3. The molecule has 0 saturated heterocycles. The molecule has 0 aliphatic carbocycles. The van der Waals surface area contributed by atoms with Crippen LogP contribution in [0.5, 0.6) is 0 Å². The third-order valence-electron chi connectivity index (χ3n) is 3.17. The maximum Gasteiger partial charge on any atom is 0.239 e. The van der Waals surface area contributed by atoms with Crippen LogP contribution in [0.25, 0.3) is 0 Å². The number of hydrogen-bond acceptors (Lipinski definition) is 5. The summed E-state index contributed by atoms with van der Waals surface area (Å²) in [6.07, 6.45) is 3.29. The van der Waals surface area contributed by atoms with Crippen LogP contribution < -0.4 is 16.2 Å². The fraction of sp³-hybridized carbons (Fsp3) is 0.667. The van der Waals surface area contributed by atoms with E-state index in [4.69, 9.17) is 5.84 Å². The first-order valence-electron chi connectivity index (χ1n) is 6.40. The molecule has 3 N–H and O–H groups in total. The van der Waals surface area contributed by atoms with Crippen LogP contribution in [0.4, 0.5) is 16.2 Å². The summed E-state index contributed by atoms with van der Waals surface area (Å²) in [6.45, 7) is 7.77. The van der Waals surface area contributed by atoms with Gasteiger partial charge in [0.2, 0.25) is 5.95 Å². The van der Waals surface area contributed by atoms with Crippen molar-refractivity contribution in [2.45, 2.75) is 33.6 Å². The van der Waals surface area contributed by atoms with E-state index in [1.54, 1.807) is 0 Å². The number of nitrogens with two attached hydrogens (primary N) is 1. The fourth-order valence-corrected chi connectivity index (χ4v) is 1.87. The van der Waals surface area contributed by atoms with Crippen molar-refractivity contribution in [2.75, 3.05) is 23.4 Å². The normalized spacial score (nSPS) is 10.8. The Labute approximate surface area is 108 Å². The molecular formula is C12H22FN5. The van der Waals surface area contributed by atoms with Crippen molar-refractivity contribution in [3.8, 4) is 0 Å². The number of nitrogens with zero attached hydrogens (tertiary/aromatic N) is 3. The molecule has 0 aliphatic heterocycles. The summed E-state index contributed by atoms with van der Waals surface area (Å²) in [4.78, 5) is 9.76. The smallest absolute Gasteiger partial charge is 0.239 e. The maximum absolute atomic E-state index is 13.8. The summed E-state index contributed by atoms with van der Waals surface area (Å²) in [5.74, 6) is 5.91. The van der Waals surface area contributed by atoms with E-state index in [-0.39, 0.29) is 5.95 Å². The van der Waals surface area contributed by atoms with Crippen molar-refractivity contribution in [2.24, 2.45) is 11.8 Å². The average Bonchev–Trinajstić information content (AvgIpc) is 2.41. The lowest BCUT2D eigenvalue weighted by atomic mass is 10.0. The van der Waals surface area contributed by atoms with E-state index in [1.165, 1.54) is 0 Å². The molecule has 1 aromatic heterocycles. The standard InChI is InChI=1S/C12H22FN5/c1-4-9(5-2)8-18(6-3)11-10(13)7-15-12(16-11)17-14/h7,9H,4-6,8,14H2,1-3H3,(H,15,16,17). The molecule has 5 nitrogen and oxygen atoms in total. The molecule has 0 radical (unpaired) electrons. The molecule has 0 spiro atoms. The largest absolute Gasteiger partial charge is 0.354 e. The lowest BCUT2D eigenvalue weighted by Crippen LogP contribution is -2.31. The number of halogens is 1. The Morgan fingerprint density at radius 1 is 1.39 bits per heavy atom. The van der Waals surface area contributed by atoms with E-state index in [2.05, 4.69) is 29.2 Å². The SMILES string of the molecule is CCC(CC)CN(CC)c1nc(NN)ncc1F. The maximum atomic E-state index is 13.8. The summed E-state index contributed by atoms with van der Waals surface area (Å²) in [7, 11) is 0. The van der Waals surface area contributed by atoms with E-state index < -0.39 is 5.82 Å². The van der Waals surface area contributed by atoms with Gasteiger partial charge in [-0.05, 0) is 12.8 Å². The summed E-state index contributed by atoms with van der Waals surface area (Å²) in [5.41, 5.74) is 2.34. The van der Waals surface area contributed by atoms with Gasteiger partial charge in [0, 0.05) is 13.1 Å². The Bertz CT molecular complexity index is 367. The van der Waals surface area contributed by atoms with Crippen molar-refractivity contribution < 1.29 is 4.39 Å². The van der Waals surface area contributed by atoms with Gasteiger partial charge < -0.3 is 4.90 Å². The molecule has 0 unspecified atom stereocenters. The number of hydrazine groups is 1. The Morgan fingerprint density at radius 2 is 2.06 bits per heavy atom. The Hall–Kier alpha value is -1.43. The predicted octanol–water partition coefficient (Wildman–Crippen LogP) is 2.16. The Balaban J connectivity index is 2.93. The van der Waals surface area contributed by atoms with Gasteiger partial charge in [0.1, 0.15) is 0 Å². The first-order valence-corrected chi connectivity index (χ1v) is 6.40. The number of anilines is 2. The van der Waals surface area contributed by atoms with Crippen LogP contribution in [0.15, 0.2) is 6.20 Å². The van der Waals surface area contributed by atoms with Crippen LogP contribution in [-0.4, -0.2) is 23.1 Å². The molecule has 6 heteroatoms. The number of aromatic nitrogens is 2. The number of nitrogen functional groups attached to an aromatic ring is 1. The van der Waals surface area contributed by atoms with Crippen LogP contribution in [0.2, 0.25) is 0 Å². The molecule has 1 aromatic rings. The van der Waals surface area contributed by atoms with Gasteiger partial charge in [-0.1, -0.05) is 26.7 Å². The molecule has 102 valence electrons. The van der Waals surface area contributed by atoms with Gasteiger partial charge in [-0.3, -0.25) is 5.43 Å². The molecule has 0 atom stereocenters. The highest BCUT2D eigenvalue weighted by molar-refractivity contribution is 5.43. The summed E-state index contributed by atoms with van der Waals surface area (Å²) >= 11 is 0. The minimum atomic E-state index is -0.415. The highest BCUT2D eigenvalue weighted by Crippen LogP contribution is 2.20. The molecule has 0 bridgehead atoms. The van der Waals surface area contributed by atoms with Crippen LogP contribution in [0, 0.1) is 11.7 Å². The predicted molar refractivity (Wildman–Crippen MR) is 71.8 cm³/mol. The van der Waals surface area contributed by atoms with E-state index in [1.807, 2.05) is 11.8 Å². The molecule has 1 heterocycles. The first kappa shape index (κ1) is 14.6. The van der Waals surface area contributed by atoms with Gasteiger partial charge in [-0.15, -0.1) is 0 Å². The fourth-order valence-electron chi connectivity index (χ4n) is 1.87. The third-order valence-corrected chi connectivity index (χ3v) is 3.17. The second-order valence-corrected chi connectivity index (χ2v) is 4.23. The van der Waals surface area contributed by atoms with E-state index >= 15 is 0 Å². The Kier molecular flexibility index (Phi) is 5.77. The number of hydrogen-bond donors (Lipinski definition) is 2.